The maximum Gasteiger partial charge on any atom is 0.313 e. The van der Waals surface area contributed by atoms with Gasteiger partial charge in [0.25, 0.3) is 0 Å². The lowest BCUT2D eigenvalue weighted by Crippen LogP contribution is -2.36. The molecule has 2 N–H and O–H groups in total. The number of aromatic nitrogens is 1. The van der Waals surface area contributed by atoms with Crippen LogP contribution in [0.5, 0.6) is 23.0 Å². The Morgan fingerprint density at radius 3 is 2.51 bits per heavy atom. The first kappa shape index (κ1) is 29.8. The molecule has 43 heavy (non-hydrogen) atoms. The molecule has 0 radical (unpaired) electrons. The standard InChI is InChI=1S/C33H35FN4O5/c1-38-16-12-23(13-17-38)21-42-25-19-27-31(30(20-25)41-2)29(11-15-35-27)43-28-9-8-24(18-26(28)34)37-33(40)32(39)36-14-10-22-6-4-3-5-7-22/h3-9,11,15,18-20,23H,10,12-14,16-17,21H2,1-2H3,(H,36,39)(H,37,40). The zero-order valence-electron chi connectivity index (χ0n) is 24.3. The van der Waals surface area contributed by atoms with Crippen LogP contribution in [0.1, 0.15) is 18.4 Å². The van der Waals surface area contributed by atoms with Gasteiger partial charge in [0.1, 0.15) is 17.2 Å². The summed E-state index contributed by atoms with van der Waals surface area (Å²) in [6.45, 7) is 3.03. The number of amides is 2. The molecule has 3 aromatic carbocycles. The number of hydrogen-bond donors (Lipinski definition) is 2. The number of piperidine rings is 1. The molecule has 0 atom stereocenters. The highest BCUT2D eigenvalue weighted by molar-refractivity contribution is 6.39. The van der Waals surface area contributed by atoms with Gasteiger partial charge in [-0.15, -0.1) is 0 Å². The van der Waals surface area contributed by atoms with Crippen LogP contribution >= 0.6 is 0 Å². The molecule has 0 spiro atoms. The van der Waals surface area contributed by atoms with Crippen LogP contribution in [-0.2, 0) is 16.0 Å². The van der Waals surface area contributed by atoms with E-state index >= 15 is 4.39 Å². The van der Waals surface area contributed by atoms with Crippen LogP contribution in [0.2, 0.25) is 0 Å². The molecule has 5 rings (SSSR count). The summed E-state index contributed by atoms with van der Waals surface area (Å²) in [6, 6.07) is 18.8. The van der Waals surface area contributed by atoms with E-state index in [1.165, 1.54) is 12.1 Å². The lowest BCUT2D eigenvalue weighted by molar-refractivity contribution is -0.136. The minimum absolute atomic E-state index is 0.0672. The molecule has 10 heteroatoms. The Morgan fingerprint density at radius 2 is 1.77 bits per heavy atom. The Kier molecular flexibility index (Phi) is 9.68. The van der Waals surface area contributed by atoms with E-state index in [9.17, 15) is 9.59 Å². The number of ether oxygens (including phenoxy) is 3. The van der Waals surface area contributed by atoms with Crippen molar-refractivity contribution in [2.24, 2.45) is 5.92 Å². The lowest BCUT2D eigenvalue weighted by atomic mass is 9.98. The normalized spacial score (nSPS) is 13.8. The number of hydrogen-bond acceptors (Lipinski definition) is 7. The molecule has 9 nitrogen and oxygen atoms in total. The third-order valence-electron chi connectivity index (χ3n) is 7.44. The topological polar surface area (TPSA) is 102 Å². The zero-order chi connectivity index (χ0) is 30.2. The fraction of sp³-hybridized carbons (Fsp3) is 0.303. The summed E-state index contributed by atoms with van der Waals surface area (Å²) in [5, 5.41) is 5.56. The molecule has 2 amide bonds. The number of halogens is 1. The summed E-state index contributed by atoms with van der Waals surface area (Å²) >= 11 is 0. The van der Waals surface area contributed by atoms with Crippen LogP contribution in [0, 0.1) is 11.7 Å². The largest absolute Gasteiger partial charge is 0.496 e. The Hall–Kier alpha value is -4.70. The van der Waals surface area contributed by atoms with Gasteiger partial charge in [-0.05, 0) is 69.1 Å². The van der Waals surface area contributed by atoms with Gasteiger partial charge in [-0.2, -0.15) is 0 Å². The number of pyridine rings is 1. The summed E-state index contributed by atoms with van der Waals surface area (Å²) in [5.41, 5.74) is 1.74. The summed E-state index contributed by atoms with van der Waals surface area (Å²) < 4.78 is 32.8. The fourth-order valence-corrected chi connectivity index (χ4v) is 4.98. The van der Waals surface area contributed by atoms with Crippen molar-refractivity contribution in [3.05, 3.63) is 84.3 Å². The summed E-state index contributed by atoms with van der Waals surface area (Å²) in [6.07, 6.45) is 4.34. The van der Waals surface area contributed by atoms with Gasteiger partial charge in [-0.1, -0.05) is 30.3 Å². The number of anilines is 1. The minimum atomic E-state index is -0.889. The number of fused-ring (bicyclic) bond motifs is 1. The van der Waals surface area contributed by atoms with E-state index in [1.54, 1.807) is 25.4 Å². The van der Waals surface area contributed by atoms with Crippen LogP contribution in [0.15, 0.2) is 72.9 Å². The van der Waals surface area contributed by atoms with E-state index in [4.69, 9.17) is 14.2 Å². The highest BCUT2D eigenvalue weighted by Crippen LogP contribution is 2.39. The summed E-state index contributed by atoms with van der Waals surface area (Å²) in [4.78, 5) is 31.3. The molecule has 224 valence electrons. The first-order valence-corrected chi connectivity index (χ1v) is 14.3. The van der Waals surface area contributed by atoms with Gasteiger partial charge >= 0.3 is 11.8 Å². The van der Waals surface area contributed by atoms with E-state index in [2.05, 4.69) is 27.6 Å². The highest BCUT2D eigenvalue weighted by atomic mass is 19.1. The van der Waals surface area contributed by atoms with Crippen molar-refractivity contribution in [3.63, 3.8) is 0 Å². The van der Waals surface area contributed by atoms with Gasteiger partial charge in [0.05, 0.1) is 24.6 Å². The van der Waals surface area contributed by atoms with Crippen molar-refractivity contribution in [3.8, 4) is 23.0 Å². The van der Waals surface area contributed by atoms with Crippen molar-refractivity contribution in [2.45, 2.75) is 19.3 Å². The molecule has 2 heterocycles. The van der Waals surface area contributed by atoms with Crippen molar-refractivity contribution in [2.75, 3.05) is 45.7 Å². The van der Waals surface area contributed by atoms with Crippen LogP contribution in [-0.4, -0.2) is 62.1 Å². The molecule has 0 bridgehead atoms. The number of methoxy groups -OCH3 is 1. The van der Waals surface area contributed by atoms with Crippen molar-refractivity contribution in [1.82, 2.24) is 15.2 Å². The third-order valence-corrected chi connectivity index (χ3v) is 7.44. The van der Waals surface area contributed by atoms with E-state index in [0.29, 0.717) is 53.6 Å². The molecule has 0 aliphatic carbocycles. The average molecular weight is 587 g/mol. The Bertz CT molecular complexity index is 1570. The Labute approximate surface area is 250 Å². The smallest absolute Gasteiger partial charge is 0.313 e. The quantitative estimate of drug-likeness (QED) is 0.247. The molecular formula is C33H35FN4O5. The SMILES string of the molecule is COc1cc(OCC2CCN(C)CC2)cc2nccc(Oc3ccc(NC(=O)C(=O)NCCc4ccccc4)cc3F)c12. The molecule has 1 aliphatic rings. The zero-order valence-corrected chi connectivity index (χ0v) is 24.3. The number of nitrogens with zero attached hydrogens (tertiary/aromatic N) is 2. The highest BCUT2D eigenvalue weighted by Gasteiger charge is 2.19. The average Bonchev–Trinajstić information content (AvgIpc) is 3.02. The van der Waals surface area contributed by atoms with Crippen molar-refractivity contribution >= 4 is 28.4 Å². The molecule has 1 fully saturated rings. The molecular weight excluding hydrogens is 551 g/mol. The van der Waals surface area contributed by atoms with Crippen LogP contribution in [0.3, 0.4) is 0 Å². The Morgan fingerprint density at radius 1 is 0.977 bits per heavy atom. The second-order valence-electron chi connectivity index (χ2n) is 10.6. The first-order chi connectivity index (χ1) is 20.9. The molecule has 1 saturated heterocycles. The van der Waals surface area contributed by atoms with E-state index in [1.807, 2.05) is 36.4 Å². The minimum Gasteiger partial charge on any atom is -0.496 e. The van der Waals surface area contributed by atoms with Crippen LogP contribution in [0.4, 0.5) is 10.1 Å². The van der Waals surface area contributed by atoms with Gasteiger partial charge in [-0.3, -0.25) is 14.6 Å². The maximum absolute atomic E-state index is 15.1. The molecule has 0 saturated carbocycles. The number of carbonyl (C=O) groups is 2. The van der Waals surface area contributed by atoms with Gasteiger partial charge < -0.3 is 29.7 Å². The van der Waals surface area contributed by atoms with E-state index < -0.39 is 17.6 Å². The fourth-order valence-electron chi connectivity index (χ4n) is 4.98. The second kappa shape index (κ2) is 14.0. The van der Waals surface area contributed by atoms with Crippen LogP contribution in [0.25, 0.3) is 10.9 Å². The third kappa shape index (κ3) is 7.78. The molecule has 1 aliphatic heterocycles. The maximum atomic E-state index is 15.1. The van der Waals surface area contributed by atoms with Crippen LogP contribution < -0.4 is 24.8 Å². The van der Waals surface area contributed by atoms with Gasteiger partial charge in [0.15, 0.2) is 11.6 Å². The van der Waals surface area contributed by atoms with Gasteiger partial charge in [0, 0.05) is 36.6 Å². The van der Waals surface area contributed by atoms with Gasteiger partial charge in [0.2, 0.25) is 0 Å². The lowest BCUT2D eigenvalue weighted by Gasteiger charge is -2.28. The number of likely N-dealkylation sites (tertiary alicyclic amines) is 1. The van der Waals surface area contributed by atoms with E-state index in [-0.39, 0.29) is 11.4 Å². The molecule has 0 unspecified atom stereocenters. The summed E-state index contributed by atoms with van der Waals surface area (Å²) in [7, 11) is 3.67. The monoisotopic (exact) mass is 586 g/mol. The number of nitrogens with one attached hydrogen (secondary N) is 2. The van der Waals surface area contributed by atoms with Crippen molar-refractivity contribution < 1.29 is 28.2 Å². The van der Waals surface area contributed by atoms with Crippen molar-refractivity contribution in [1.29, 1.82) is 0 Å². The second-order valence-corrected chi connectivity index (χ2v) is 10.6. The molecule has 1 aromatic heterocycles. The number of carbonyl (C=O) groups excluding carboxylic acids is 2. The first-order valence-electron chi connectivity index (χ1n) is 14.3. The number of benzene rings is 3. The Balaban J connectivity index is 1.22. The summed E-state index contributed by atoms with van der Waals surface area (Å²) in [5.74, 6) is -0.513. The number of rotatable bonds is 10. The predicted molar refractivity (Wildman–Crippen MR) is 162 cm³/mol. The molecule has 4 aromatic rings. The predicted octanol–water partition coefficient (Wildman–Crippen LogP) is 5.19. The van der Waals surface area contributed by atoms with Gasteiger partial charge in [-0.25, -0.2) is 4.39 Å². The van der Waals surface area contributed by atoms with E-state index in [0.717, 1.165) is 37.6 Å².